The van der Waals surface area contributed by atoms with E-state index in [1.807, 2.05) is 38.9 Å². The maximum absolute atomic E-state index is 12.6. The van der Waals surface area contributed by atoms with Gasteiger partial charge in [-0.1, -0.05) is 0 Å². The van der Waals surface area contributed by atoms with Crippen LogP contribution in [0, 0.1) is 0 Å². The van der Waals surface area contributed by atoms with E-state index in [4.69, 9.17) is 0 Å². The van der Waals surface area contributed by atoms with Crippen molar-refractivity contribution < 1.29 is 4.79 Å². The average Bonchev–Trinajstić information content (AvgIpc) is 2.39. The van der Waals surface area contributed by atoms with Crippen LogP contribution in [0.15, 0.2) is 18.3 Å². The van der Waals surface area contributed by atoms with Crippen molar-refractivity contribution >= 4 is 11.7 Å². The standard InChI is InChI=1S/C15H26N4O/c1-6-16-14-10-13(8-9-17-14)15(20)19(7-2)12(3)11-18(4)5/h8-10,12H,6-7,11H2,1-5H3,(H,16,17). The molecule has 1 N–H and O–H groups in total. The lowest BCUT2D eigenvalue weighted by atomic mass is 10.2. The van der Waals surface area contributed by atoms with Crippen LogP contribution < -0.4 is 5.32 Å². The van der Waals surface area contributed by atoms with Crippen LogP contribution in [0.1, 0.15) is 31.1 Å². The number of hydrogen-bond acceptors (Lipinski definition) is 4. The van der Waals surface area contributed by atoms with E-state index in [9.17, 15) is 4.79 Å². The van der Waals surface area contributed by atoms with Crippen molar-refractivity contribution in [2.75, 3.05) is 39.0 Å². The van der Waals surface area contributed by atoms with Gasteiger partial charge in [0.1, 0.15) is 5.82 Å². The van der Waals surface area contributed by atoms with E-state index >= 15 is 0 Å². The van der Waals surface area contributed by atoms with E-state index in [1.54, 1.807) is 12.3 Å². The third-order valence-electron chi connectivity index (χ3n) is 3.13. The molecule has 0 aromatic carbocycles. The summed E-state index contributed by atoms with van der Waals surface area (Å²) in [5.41, 5.74) is 0.684. The molecule has 1 rings (SSSR count). The maximum Gasteiger partial charge on any atom is 0.254 e. The van der Waals surface area contributed by atoms with Gasteiger partial charge in [0.25, 0.3) is 5.91 Å². The van der Waals surface area contributed by atoms with E-state index in [2.05, 4.69) is 22.1 Å². The fourth-order valence-electron chi connectivity index (χ4n) is 2.29. The number of hydrogen-bond donors (Lipinski definition) is 1. The van der Waals surface area contributed by atoms with Gasteiger partial charge in [-0.2, -0.15) is 0 Å². The van der Waals surface area contributed by atoms with Gasteiger partial charge in [-0.3, -0.25) is 4.79 Å². The third kappa shape index (κ3) is 4.49. The van der Waals surface area contributed by atoms with Gasteiger partial charge < -0.3 is 15.1 Å². The van der Waals surface area contributed by atoms with Gasteiger partial charge in [0.15, 0.2) is 0 Å². The first kappa shape index (κ1) is 16.4. The quantitative estimate of drug-likeness (QED) is 0.828. The van der Waals surface area contributed by atoms with Crippen LogP contribution in [0.25, 0.3) is 0 Å². The number of rotatable bonds is 7. The summed E-state index contributed by atoms with van der Waals surface area (Å²) in [5, 5.41) is 3.13. The normalized spacial score (nSPS) is 12.3. The predicted molar refractivity (Wildman–Crippen MR) is 83.1 cm³/mol. The molecule has 1 aromatic rings. The van der Waals surface area contributed by atoms with Gasteiger partial charge in [0, 0.05) is 37.4 Å². The molecule has 0 saturated heterocycles. The summed E-state index contributed by atoms with van der Waals surface area (Å²) in [4.78, 5) is 20.8. The Labute approximate surface area is 122 Å². The molecule has 0 saturated carbocycles. The van der Waals surface area contributed by atoms with Crippen molar-refractivity contribution in [1.82, 2.24) is 14.8 Å². The van der Waals surface area contributed by atoms with E-state index in [1.165, 1.54) is 0 Å². The minimum absolute atomic E-state index is 0.0587. The Morgan fingerprint density at radius 1 is 1.40 bits per heavy atom. The summed E-state index contributed by atoms with van der Waals surface area (Å²) in [7, 11) is 4.04. The molecule has 0 aliphatic rings. The lowest BCUT2D eigenvalue weighted by Crippen LogP contribution is -2.43. The minimum atomic E-state index is 0.0587. The lowest BCUT2D eigenvalue weighted by Gasteiger charge is -2.30. The summed E-state index contributed by atoms with van der Waals surface area (Å²) >= 11 is 0. The SMILES string of the molecule is CCNc1cc(C(=O)N(CC)C(C)CN(C)C)ccn1. The molecular formula is C15H26N4O. The molecule has 0 aliphatic heterocycles. The third-order valence-corrected chi connectivity index (χ3v) is 3.13. The number of pyridine rings is 1. The fraction of sp³-hybridized carbons (Fsp3) is 0.600. The van der Waals surface area contributed by atoms with Crippen LogP contribution in [0.5, 0.6) is 0 Å². The zero-order valence-corrected chi connectivity index (χ0v) is 13.2. The van der Waals surface area contributed by atoms with E-state index in [0.717, 1.165) is 18.9 Å². The topological polar surface area (TPSA) is 48.5 Å². The largest absolute Gasteiger partial charge is 0.370 e. The molecule has 1 unspecified atom stereocenters. The highest BCUT2D eigenvalue weighted by Crippen LogP contribution is 2.12. The van der Waals surface area contributed by atoms with Crippen molar-refractivity contribution in [1.29, 1.82) is 0 Å². The zero-order chi connectivity index (χ0) is 15.1. The molecule has 0 spiro atoms. The maximum atomic E-state index is 12.6. The smallest absolute Gasteiger partial charge is 0.254 e. The van der Waals surface area contributed by atoms with Crippen LogP contribution in [0.2, 0.25) is 0 Å². The highest BCUT2D eigenvalue weighted by Gasteiger charge is 2.20. The summed E-state index contributed by atoms with van der Waals surface area (Å²) in [6.45, 7) is 8.44. The number of anilines is 1. The fourth-order valence-corrected chi connectivity index (χ4v) is 2.29. The second-order valence-corrected chi connectivity index (χ2v) is 5.16. The number of carbonyl (C=O) groups excluding carboxylic acids is 1. The molecule has 1 heterocycles. The van der Waals surface area contributed by atoms with Crippen molar-refractivity contribution in [3.05, 3.63) is 23.9 Å². The van der Waals surface area contributed by atoms with Crippen molar-refractivity contribution in [2.45, 2.75) is 26.8 Å². The Kier molecular flexibility index (Phi) is 6.45. The van der Waals surface area contributed by atoms with Crippen molar-refractivity contribution in [3.63, 3.8) is 0 Å². The van der Waals surface area contributed by atoms with E-state index in [0.29, 0.717) is 12.1 Å². The molecule has 1 atom stereocenters. The second-order valence-electron chi connectivity index (χ2n) is 5.16. The van der Waals surface area contributed by atoms with Crippen molar-refractivity contribution in [2.24, 2.45) is 0 Å². The number of likely N-dealkylation sites (N-methyl/N-ethyl adjacent to an activating group) is 2. The Hall–Kier alpha value is -1.62. The minimum Gasteiger partial charge on any atom is -0.370 e. The Morgan fingerprint density at radius 2 is 2.10 bits per heavy atom. The van der Waals surface area contributed by atoms with E-state index in [-0.39, 0.29) is 11.9 Å². The summed E-state index contributed by atoms with van der Waals surface area (Å²) in [5.74, 6) is 0.804. The highest BCUT2D eigenvalue weighted by atomic mass is 16.2. The lowest BCUT2D eigenvalue weighted by molar-refractivity contribution is 0.0679. The molecule has 0 radical (unpaired) electrons. The number of carbonyl (C=O) groups is 1. The monoisotopic (exact) mass is 278 g/mol. The predicted octanol–water partition coefficient (Wildman–Crippen LogP) is 1.93. The molecule has 0 fully saturated rings. The summed E-state index contributed by atoms with van der Waals surface area (Å²) < 4.78 is 0. The Balaban J connectivity index is 2.87. The first-order chi connectivity index (χ1) is 9.49. The molecule has 1 aromatic heterocycles. The number of aromatic nitrogens is 1. The molecule has 0 bridgehead atoms. The molecule has 112 valence electrons. The molecule has 1 amide bonds. The molecule has 5 nitrogen and oxygen atoms in total. The Bertz CT molecular complexity index is 434. The van der Waals surface area contributed by atoms with Crippen LogP contribution in [-0.4, -0.2) is 60.5 Å². The molecule has 5 heteroatoms. The average molecular weight is 278 g/mol. The van der Waals surface area contributed by atoms with Crippen LogP contribution in [0.3, 0.4) is 0 Å². The van der Waals surface area contributed by atoms with Crippen LogP contribution in [0.4, 0.5) is 5.82 Å². The van der Waals surface area contributed by atoms with Gasteiger partial charge in [-0.15, -0.1) is 0 Å². The number of amides is 1. The number of nitrogens with one attached hydrogen (secondary N) is 1. The summed E-state index contributed by atoms with van der Waals surface area (Å²) in [6.07, 6.45) is 1.68. The molecule has 20 heavy (non-hydrogen) atoms. The van der Waals surface area contributed by atoms with Gasteiger partial charge >= 0.3 is 0 Å². The molecule has 0 aliphatic carbocycles. The molecular weight excluding hydrogens is 252 g/mol. The summed E-state index contributed by atoms with van der Waals surface area (Å²) in [6, 6.07) is 3.77. The second kappa shape index (κ2) is 7.85. The van der Waals surface area contributed by atoms with Gasteiger partial charge in [-0.05, 0) is 47.0 Å². The van der Waals surface area contributed by atoms with Crippen LogP contribution >= 0.6 is 0 Å². The zero-order valence-electron chi connectivity index (χ0n) is 13.2. The van der Waals surface area contributed by atoms with Gasteiger partial charge in [0.05, 0.1) is 0 Å². The van der Waals surface area contributed by atoms with Crippen LogP contribution in [-0.2, 0) is 0 Å². The van der Waals surface area contributed by atoms with E-state index < -0.39 is 0 Å². The highest BCUT2D eigenvalue weighted by molar-refractivity contribution is 5.95. The Morgan fingerprint density at radius 3 is 2.65 bits per heavy atom. The first-order valence-corrected chi connectivity index (χ1v) is 7.15. The van der Waals surface area contributed by atoms with Gasteiger partial charge in [-0.25, -0.2) is 4.98 Å². The van der Waals surface area contributed by atoms with Crippen molar-refractivity contribution in [3.8, 4) is 0 Å². The number of nitrogens with zero attached hydrogens (tertiary/aromatic N) is 3. The first-order valence-electron chi connectivity index (χ1n) is 7.15. The van der Waals surface area contributed by atoms with Gasteiger partial charge in [0.2, 0.25) is 0 Å².